The zero-order valence-corrected chi connectivity index (χ0v) is 11.7. The SMILES string of the molecule is C=CC(=O)OC(CCCNCCCN)NCCCN. The van der Waals surface area contributed by atoms with Crippen molar-refractivity contribution in [2.24, 2.45) is 11.5 Å². The molecule has 0 aliphatic rings. The van der Waals surface area contributed by atoms with Gasteiger partial charge < -0.3 is 21.5 Å². The lowest BCUT2D eigenvalue weighted by Gasteiger charge is -2.18. The number of hydrogen-bond acceptors (Lipinski definition) is 6. The molecule has 0 spiro atoms. The van der Waals surface area contributed by atoms with E-state index in [1.807, 2.05) is 0 Å². The number of nitrogens with two attached hydrogens (primary N) is 2. The molecule has 0 aromatic carbocycles. The molecule has 6 heteroatoms. The van der Waals surface area contributed by atoms with Crippen LogP contribution >= 0.6 is 0 Å². The zero-order valence-electron chi connectivity index (χ0n) is 11.7. The number of esters is 1. The number of hydrogen-bond donors (Lipinski definition) is 4. The summed E-state index contributed by atoms with van der Waals surface area (Å²) in [5.74, 6) is -0.402. The molecule has 0 rings (SSSR count). The average molecular weight is 272 g/mol. The minimum atomic E-state index is -0.402. The topological polar surface area (TPSA) is 102 Å². The Balaban J connectivity index is 3.77. The highest BCUT2D eigenvalue weighted by Gasteiger charge is 2.10. The Hall–Kier alpha value is -0.950. The fourth-order valence-corrected chi connectivity index (χ4v) is 1.52. The summed E-state index contributed by atoms with van der Waals surface area (Å²) in [6.45, 7) is 7.27. The second-order valence-corrected chi connectivity index (χ2v) is 4.26. The number of ether oxygens (including phenoxy) is 1. The average Bonchev–Trinajstić information content (AvgIpc) is 2.42. The molecule has 0 amide bonds. The van der Waals surface area contributed by atoms with E-state index in [1.165, 1.54) is 6.08 Å². The molecule has 1 unspecified atom stereocenters. The van der Waals surface area contributed by atoms with Crippen molar-refractivity contribution < 1.29 is 9.53 Å². The highest BCUT2D eigenvalue weighted by molar-refractivity contribution is 5.81. The first-order valence-corrected chi connectivity index (χ1v) is 6.91. The van der Waals surface area contributed by atoms with Crippen LogP contribution in [-0.2, 0) is 9.53 Å². The van der Waals surface area contributed by atoms with Gasteiger partial charge in [-0.15, -0.1) is 0 Å². The molecule has 6 nitrogen and oxygen atoms in total. The Kier molecular flexibility index (Phi) is 12.8. The normalized spacial score (nSPS) is 12.1. The predicted molar refractivity (Wildman–Crippen MR) is 77.5 cm³/mol. The monoisotopic (exact) mass is 272 g/mol. The van der Waals surface area contributed by atoms with E-state index >= 15 is 0 Å². The van der Waals surface area contributed by atoms with Crippen LogP contribution < -0.4 is 22.1 Å². The van der Waals surface area contributed by atoms with Gasteiger partial charge in [0.25, 0.3) is 0 Å². The lowest BCUT2D eigenvalue weighted by atomic mass is 10.2. The summed E-state index contributed by atoms with van der Waals surface area (Å²) in [5, 5.41) is 6.46. The van der Waals surface area contributed by atoms with Crippen LogP contribution in [-0.4, -0.2) is 44.9 Å². The van der Waals surface area contributed by atoms with E-state index in [9.17, 15) is 4.79 Å². The molecule has 0 aromatic heterocycles. The van der Waals surface area contributed by atoms with Gasteiger partial charge in [0.15, 0.2) is 6.23 Å². The van der Waals surface area contributed by atoms with Crippen LogP contribution in [0.4, 0.5) is 0 Å². The molecule has 0 aliphatic heterocycles. The first-order valence-electron chi connectivity index (χ1n) is 6.91. The molecule has 0 saturated carbocycles. The second-order valence-electron chi connectivity index (χ2n) is 4.26. The summed E-state index contributed by atoms with van der Waals surface area (Å²) in [5.41, 5.74) is 10.8. The van der Waals surface area contributed by atoms with E-state index in [2.05, 4.69) is 17.2 Å². The quantitative estimate of drug-likeness (QED) is 0.159. The van der Waals surface area contributed by atoms with Gasteiger partial charge in [-0.2, -0.15) is 0 Å². The summed E-state index contributed by atoms with van der Waals surface area (Å²) in [4.78, 5) is 11.2. The van der Waals surface area contributed by atoms with Gasteiger partial charge >= 0.3 is 5.97 Å². The van der Waals surface area contributed by atoms with Crippen molar-refractivity contribution in [3.05, 3.63) is 12.7 Å². The highest BCUT2D eigenvalue weighted by Crippen LogP contribution is 2.00. The lowest BCUT2D eigenvalue weighted by molar-refractivity contribution is -0.144. The van der Waals surface area contributed by atoms with E-state index < -0.39 is 5.97 Å². The van der Waals surface area contributed by atoms with Crippen LogP contribution in [0.2, 0.25) is 0 Å². The van der Waals surface area contributed by atoms with Gasteiger partial charge in [0.1, 0.15) is 0 Å². The number of nitrogens with one attached hydrogen (secondary N) is 2. The second kappa shape index (κ2) is 13.5. The smallest absolute Gasteiger partial charge is 0.331 e. The third-order valence-electron chi connectivity index (χ3n) is 2.56. The molecule has 0 radical (unpaired) electrons. The van der Waals surface area contributed by atoms with Crippen molar-refractivity contribution in [2.75, 3.05) is 32.7 Å². The molecule has 6 N–H and O–H groups in total. The number of carbonyl (C=O) groups excluding carboxylic acids is 1. The van der Waals surface area contributed by atoms with E-state index in [1.54, 1.807) is 0 Å². The Labute approximate surface area is 115 Å². The van der Waals surface area contributed by atoms with Crippen LogP contribution in [0.1, 0.15) is 25.7 Å². The van der Waals surface area contributed by atoms with E-state index in [4.69, 9.17) is 16.2 Å². The van der Waals surface area contributed by atoms with Gasteiger partial charge in [-0.1, -0.05) is 6.58 Å². The molecular weight excluding hydrogens is 244 g/mol. The van der Waals surface area contributed by atoms with Gasteiger partial charge in [0.05, 0.1) is 0 Å². The molecule has 19 heavy (non-hydrogen) atoms. The highest BCUT2D eigenvalue weighted by atomic mass is 16.6. The molecule has 0 aromatic rings. The molecular formula is C13H28N4O2. The van der Waals surface area contributed by atoms with E-state index in [0.717, 1.165) is 45.3 Å². The lowest BCUT2D eigenvalue weighted by Crippen LogP contribution is -2.35. The minimum absolute atomic E-state index is 0.270. The van der Waals surface area contributed by atoms with Crippen LogP contribution in [0.5, 0.6) is 0 Å². The molecule has 0 fully saturated rings. The van der Waals surface area contributed by atoms with E-state index in [-0.39, 0.29) is 6.23 Å². The Bertz CT molecular complexity index is 237. The van der Waals surface area contributed by atoms with Crippen LogP contribution in [0.25, 0.3) is 0 Å². The standard InChI is InChI=1S/C13H28N4O2/c1-2-13(18)19-12(17-11-5-8-15)6-3-9-16-10-4-7-14/h2,12,16-17H,1,3-11,14-15H2. The molecule has 0 saturated heterocycles. The summed E-state index contributed by atoms with van der Waals surface area (Å²) < 4.78 is 5.22. The van der Waals surface area contributed by atoms with Crippen molar-refractivity contribution in [2.45, 2.75) is 31.9 Å². The maximum atomic E-state index is 11.2. The van der Waals surface area contributed by atoms with Gasteiger partial charge in [-0.05, 0) is 58.4 Å². The zero-order chi connectivity index (χ0) is 14.3. The maximum absolute atomic E-state index is 11.2. The van der Waals surface area contributed by atoms with Gasteiger partial charge in [0.2, 0.25) is 0 Å². The third-order valence-corrected chi connectivity index (χ3v) is 2.56. The molecule has 1 atom stereocenters. The van der Waals surface area contributed by atoms with Crippen molar-refractivity contribution in [3.8, 4) is 0 Å². The van der Waals surface area contributed by atoms with Crippen molar-refractivity contribution in [1.29, 1.82) is 0 Å². The Morgan fingerprint density at radius 3 is 2.42 bits per heavy atom. The third kappa shape index (κ3) is 11.9. The van der Waals surface area contributed by atoms with Crippen molar-refractivity contribution >= 4 is 5.97 Å². The van der Waals surface area contributed by atoms with E-state index in [0.29, 0.717) is 13.1 Å². The largest absolute Gasteiger partial charge is 0.443 e. The summed E-state index contributed by atoms with van der Waals surface area (Å²) >= 11 is 0. The van der Waals surface area contributed by atoms with Crippen molar-refractivity contribution in [3.63, 3.8) is 0 Å². The van der Waals surface area contributed by atoms with Crippen LogP contribution in [0.3, 0.4) is 0 Å². The number of rotatable bonds is 13. The molecule has 112 valence electrons. The minimum Gasteiger partial charge on any atom is -0.443 e. The van der Waals surface area contributed by atoms with Crippen LogP contribution in [0.15, 0.2) is 12.7 Å². The predicted octanol–water partition coefficient (Wildman–Crippen LogP) is -0.301. The number of carbonyl (C=O) groups is 1. The Morgan fingerprint density at radius 1 is 1.16 bits per heavy atom. The fraction of sp³-hybridized carbons (Fsp3) is 0.769. The van der Waals surface area contributed by atoms with Gasteiger partial charge in [-0.25, -0.2) is 4.79 Å². The van der Waals surface area contributed by atoms with Crippen LogP contribution in [0, 0.1) is 0 Å². The molecule has 0 aliphatic carbocycles. The van der Waals surface area contributed by atoms with Crippen molar-refractivity contribution in [1.82, 2.24) is 10.6 Å². The first kappa shape index (κ1) is 18.0. The Morgan fingerprint density at radius 2 is 1.79 bits per heavy atom. The first-order chi connectivity index (χ1) is 9.24. The van der Waals surface area contributed by atoms with Gasteiger partial charge in [0, 0.05) is 6.08 Å². The molecule has 0 bridgehead atoms. The summed E-state index contributed by atoms with van der Waals surface area (Å²) in [6.07, 6.45) is 4.43. The summed E-state index contributed by atoms with van der Waals surface area (Å²) in [7, 11) is 0. The fourth-order valence-electron chi connectivity index (χ4n) is 1.52. The maximum Gasteiger partial charge on any atom is 0.331 e. The molecule has 0 heterocycles. The summed E-state index contributed by atoms with van der Waals surface area (Å²) in [6, 6.07) is 0. The van der Waals surface area contributed by atoms with Gasteiger partial charge in [-0.3, -0.25) is 5.32 Å².